The fourth-order valence-electron chi connectivity index (χ4n) is 4.54. The zero-order valence-corrected chi connectivity index (χ0v) is 17.2. The first kappa shape index (κ1) is 17.8. The monoisotopic (exact) mass is 399 g/mol. The van der Waals surface area contributed by atoms with Crippen LogP contribution in [-0.2, 0) is 0 Å². The third-order valence-electron chi connectivity index (χ3n) is 5.93. The van der Waals surface area contributed by atoms with Crippen LogP contribution in [0.5, 0.6) is 0 Å². The fourth-order valence-corrected chi connectivity index (χ4v) is 4.54. The number of para-hydroxylation sites is 2. The first-order chi connectivity index (χ1) is 15.3. The largest absolute Gasteiger partial charge is 0.455 e. The minimum atomic E-state index is 0.906. The number of hydrogen-bond donors (Lipinski definition) is 0. The maximum absolute atomic E-state index is 6.48. The predicted octanol–water partition coefficient (Wildman–Crippen LogP) is 8.52. The van der Waals surface area contributed by atoms with Gasteiger partial charge in [-0.1, -0.05) is 66.7 Å². The van der Waals surface area contributed by atoms with E-state index in [-0.39, 0.29) is 0 Å². The van der Waals surface area contributed by atoms with Crippen LogP contribution in [-0.4, -0.2) is 0 Å². The Morgan fingerprint density at radius 3 is 1.94 bits per heavy atom. The number of hydrogen-bond acceptors (Lipinski definition) is 2. The molecular weight excluding hydrogens is 378 g/mol. The van der Waals surface area contributed by atoms with Gasteiger partial charge in [0.2, 0.25) is 0 Å². The Labute approximate surface area is 181 Å². The van der Waals surface area contributed by atoms with Crippen molar-refractivity contribution in [3.8, 4) is 0 Å². The van der Waals surface area contributed by atoms with Gasteiger partial charge >= 0.3 is 0 Å². The molecule has 0 aliphatic heterocycles. The Morgan fingerprint density at radius 1 is 0.581 bits per heavy atom. The lowest BCUT2D eigenvalue weighted by Gasteiger charge is -2.25. The van der Waals surface area contributed by atoms with Gasteiger partial charge in [-0.3, -0.25) is 0 Å². The summed E-state index contributed by atoms with van der Waals surface area (Å²) in [6.45, 7) is 2.16. The third kappa shape index (κ3) is 2.88. The van der Waals surface area contributed by atoms with E-state index in [2.05, 4.69) is 109 Å². The van der Waals surface area contributed by atoms with E-state index in [1.54, 1.807) is 0 Å². The maximum Gasteiger partial charge on any atom is 0.143 e. The molecule has 0 spiro atoms. The molecule has 0 aliphatic rings. The van der Waals surface area contributed by atoms with Crippen LogP contribution in [0.3, 0.4) is 0 Å². The molecule has 0 radical (unpaired) electrons. The van der Waals surface area contributed by atoms with Gasteiger partial charge in [-0.15, -0.1) is 0 Å². The van der Waals surface area contributed by atoms with Gasteiger partial charge in [0.05, 0.1) is 0 Å². The highest BCUT2D eigenvalue weighted by atomic mass is 16.3. The summed E-state index contributed by atoms with van der Waals surface area (Å²) < 4.78 is 6.48. The second kappa shape index (κ2) is 7.03. The molecule has 1 aromatic heterocycles. The lowest BCUT2D eigenvalue weighted by molar-refractivity contribution is 0.672. The van der Waals surface area contributed by atoms with Gasteiger partial charge in [-0.2, -0.15) is 0 Å². The highest BCUT2D eigenvalue weighted by Crippen LogP contribution is 2.40. The molecule has 1 heterocycles. The van der Waals surface area contributed by atoms with Crippen LogP contribution < -0.4 is 4.90 Å². The van der Waals surface area contributed by atoms with E-state index in [9.17, 15) is 0 Å². The Balaban J connectivity index is 1.61. The van der Waals surface area contributed by atoms with Gasteiger partial charge in [0, 0.05) is 39.3 Å². The summed E-state index contributed by atoms with van der Waals surface area (Å²) in [5.41, 5.74) is 6.42. The summed E-state index contributed by atoms with van der Waals surface area (Å²) in [6, 6.07) is 38.1. The van der Waals surface area contributed by atoms with Gasteiger partial charge in [-0.05, 0) is 54.3 Å². The van der Waals surface area contributed by atoms with Crippen molar-refractivity contribution in [3.05, 3.63) is 115 Å². The molecule has 6 rings (SSSR count). The summed E-state index contributed by atoms with van der Waals surface area (Å²) in [5, 5.41) is 4.72. The first-order valence-electron chi connectivity index (χ1n) is 10.5. The molecule has 2 nitrogen and oxygen atoms in total. The SMILES string of the molecule is Cc1cc2ccccc2c2oc3cc(N(c4ccccc4)c4ccccc4)ccc3c12. The molecule has 0 N–H and O–H groups in total. The van der Waals surface area contributed by atoms with E-state index >= 15 is 0 Å². The second-order valence-electron chi connectivity index (χ2n) is 7.91. The highest BCUT2D eigenvalue weighted by Gasteiger charge is 2.17. The van der Waals surface area contributed by atoms with Crippen LogP contribution in [0.25, 0.3) is 32.7 Å². The van der Waals surface area contributed by atoms with Crippen LogP contribution in [0.1, 0.15) is 5.56 Å². The Morgan fingerprint density at radius 2 is 1.23 bits per heavy atom. The lowest BCUT2D eigenvalue weighted by Crippen LogP contribution is -2.09. The molecule has 0 amide bonds. The molecule has 6 aromatic rings. The average Bonchev–Trinajstić information content (AvgIpc) is 3.21. The number of anilines is 3. The van der Waals surface area contributed by atoms with E-state index in [1.165, 1.54) is 16.3 Å². The molecule has 0 bridgehead atoms. The molecule has 31 heavy (non-hydrogen) atoms. The van der Waals surface area contributed by atoms with Crippen molar-refractivity contribution in [1.82, 2.24) is 0 Å². The minimum Gasteiger partial charge on any atom is -0.455 e. The minimum absolute atomic E-state index is 0.906. The summed E-state index contributed by atoms with van der Waals surface area (Å²) in [7, 11) is 0. The van der Waals surface area contributed by atoms with E-state index in [0.29, 0.717) is 0 Å². The molecule has 0 aliphatic carbocycles. The Kier molecular flexibility index (Phi) is 4.03. The second-order valence-corrected chi connectivity index (χ2v) is 7.91. The van der Waals surface area contributed by atoms with Crippen molar-refractivity contribution in [2.75, 3.05) is 4.90 Å². The summed E-state index contributed by atoms with van der Waals surface area (Å²) in [4.78, 5) is 2.26. The first-order valence-corrected chi connectivity index (χ1v) is 10.5. The van der Waals surface area contributed by atoms with Crippen molar-refractivity contribution in [1.29, 1.82) is 0 Å². The summed E-state index contributed by atoms with van der Waals surface area (Å²) >= 11 is 0. The van der Waals surface area contributed by atoms with Gasteiger partial charge < -0.3 is 9.32 Å². The van der Waals surface area contributed by atoms with E-state index < -0.39 is 0 Å². The molecule has 0 unspecified atom stereocenters. The normalized spacial score (nSPS) is 11.4. The number of furan rings is 1. The maximum atomic E-state index is 6.48. The molecule has 0 saturated carbocycles. The average molecular weight is 399 g/mol. The fraction of sp³-hybridized carbons (Fsp3) is 0.0345. The quantitative estimate of drug-likeness (QED) is 0.296. The van der Waals surface area contributed by atoms with Crippen LogP contribution in [0.4, 0.5) is 17.1 Å². The van der Waals surface area contributed by atoms with Crippen molar-refractivity contribution in [2.24, 2.45) is 0 Å². The van der Waals surface area contributed by atoms with Crippen LogP contribution in [0.2, 0.25) is 0 Å². The number of benzene rings is 5. The highest BCUT2D eigenvalue weighted by molar-refractivity contribution is 6.17. The van der Waals surface area contributed by atoms with E-state index in [4.69, 9.17) is 4.42 Å². The lowest BCUT2D eigenvalue weighted by atomic mass is 10.0. The molecule has 0 saturated heterocycles. The summed E-state index contributed by atoms with van der Waals surface area (Å²) in [6.07, 6.45) is 0. The van der Waals surface area contributed by atoms with Crippen molar-refractivity contribution in [3.63, 3.8) is 0 Å². The van der Waals surface area contributed by atoms with Crippen LogP contribution >= 0.6 is 0 Å². The zero-order chi connectivity index (χ0) is 20.8. The number of aryl methyl sites for hydroxylation is 1. The van der Waals surface area contributed by atoms with Gasteiger partial charge in [-0.25, -0.2) is 0 Å². The standard InChI is InChI=1S/C29H21NO/c1-20-18-21-10-8-9-15-25(21)29-28(20)26-17-16-24(19-27(26)31-29)30(22-11-4-2-5-12-22)23-13-6-3-7-14-23/h2-19H,1H3. The molecule has 2 heteroatoms. The van der Waals surface area contributed by atoms with E-state index in [0.717, 1.165) is 39.0 Å². The van der Waals surface area contributed by atoms with Gasteiger partial charge in [0.15, 0.2) is 0 Å². The van der Waals surface area contributed by atoms with Crippen molar-refractivity contribution >= 4 is 49.8 Å². The van der Waals surface area contributed by atoms with Gasteiger partial charge in [0.25, 0.3) is 0 Å². The van der Waals surface area contributed by atoms with E-state index in [1.807, 2.05) is 12.1 Å². The molecule has 0 atom stereocenters. The number of fused-ring (bicyclic) bond motifs is 5. The third-order valence-corrected chi connectivity index (χ3v) is 5.93. The smallest absolute Gasteiger partial charge is 0.143 e. The topological polar surface area (TPSA) is 16.4 Å². The predicted molar refractivity (Wildman–Crippen MR) is 131 cm³/mol. The molecular formula is C29H21NO. The Hall–Kier alpha value is -4.04. The number of nitrogens with zero attached hydrogens (tertiary/aromatic N) is 1. The van der Waals surface area contributed by atoms with Crippen molar-refractivity contribution in [2.45, 2.75) is 6.92 Å². The molecule has 148 valence electrons. The number of rotatable bonds is 3. The van der Waals surface area contributed by atoms with Crippen molar-refractivity contribution < 1.29 is 4.42 Å². The van der Waals surface area contributed by atoms with Gasteiger partial charge in [0.1, 0.15) is 11.2 Å². The zero-order valence-electron chi connectivity index (χ0n) is 17.2. The Bertz CT molecular complexity index is 1490. The van der Waals surface area contributed by atoms with Crippen LogP contribution in [0.15, 0.2) is 114 Å². The van der Waals surface area contributed by atoms with Crippen LogP contribution in [0, 0.1) is 6.92 Å². The molecule has 0 fully saturated rings. The summed E-state index contributed by atoms with van der Waals surface area (Å²) in [5.74, 6) is 0. The molecule has 5 aromatic carbocycles.